The lowest BCUT2D eigenvalue weighted by atomic mass is 9.98. The second kappa shape index (κ2) is 13.8. The quantitative estimate of drug-likeness (QED) is 0.532. The third-order valence-corrected chi connectivity index (χ3v) is 6.32. The van der Waals surface area contributed by atoms with Crippen molar-refractivity contribution in [1.29, 1.82) is 0 Å². The number of benzene rings is 2. The number of methoxy groups -OCH3 is 2. The highest BCUT2D eigenvalue weighted by molar-refractivity contribution is 5.76. The second-order valence-electron chi connectivity index (χ2n) is 8.88. The molecule has 36 heavy (non-hydrogen) atoms. The number of hydrogen-bond donors (Lipinski definition) is 2. The van der Waals surface area contributed by atoms with Crippen LogP contribution in [0.4, 0.5) is 0 Å². The summed E-state index contributed by atoms with van der Waals surface area (Å²) in [5.41, 5.74) is 4.65. The van der Waals surface area contributed by atoms with E-state index in [2.05, 4.69) is 21.6 Å². The van der Waals surface area contributed by atoms with E-state index >= 15 is 0 Å². The van der Waals surface area contributed by atoms with Crippen molar-refractivity contribution in [2.45, 2.75) is 63.6 Å². The zero-order valence-electron chi connectivity index (χ0n) is 21.0. The Morgan fingerprint density at radius 3 is 1.56 bits per heavy atom. The minimum Gasteiger partial charge on any atom is -0.478 e. The summed E-state index contributed by atoms with van der Waals surface area (Å²) in [6.07, 6.45) is 5.26. The zero-order valence-corrected chi connectivity index (χ0v) is 21.0. The van der Waals surface area contributed by atoms with E-state index < -0.39 is 12.2 Å². The smallest absolute Gasteiger partial charge is 0.347 e. The van der Waals surface area contributed by atoms with E-state index in [9.17, 15) is 9.59 Å². The molecule has 0 aliphatic carbocycles. The monoisotopic (exact) mass is 500 g/mol. The molecule has 2 aliphatic rings. The molecule has 0 saturated heterocycles. The minimum atomic E-state index is -0.481. The third-order valence-electron chi connectivity index (χ3n) is 6.32. The van der Waals surface area contributed by atoms with Crippen LogP contribution in [0.3, 0.4) is 0 Å². The summed E-state index contributed by atoms with van der Waals surface area (Å²) in [6, 6.07) is 12.0. The molecule has 2 aromatic carbocycles. The first-order valence-corrected chi connectivity index (χ1v) is 12.4. The van der Waals surface area contributed by atoms with Gasteiger partial charge in [-0.05, 0) is 85.8 Å². The lowest BCUT2D eigenvalue weighted by Gasteiger charge is -2.24. The molecule has 2 unspecified atom stereocenters. The molecule has 0 aromatic heterocycles. The van der Waals surface area contributed by atoms with E-state index in [4.69, 9.17) is 19.7 Å². The molecule has 4 rings (SSSR count). The molecule has 0 bridgehead atoms. The van der Waals surface area contributed by atoms with Gasteiger partial charge in [-0.15, -0.1) is 0 Å². The summed E-state index contributed by atoms with van der Waals surface area (Å²) in [6.45, 7) is 0.413. The molecule has 2 aromatic rings. The van der Waals surface area contributed by atoms with Gasteiger partial charge < -0.3 is 29.2 Å². The van der Waals surface area contributed by atoms with Gasteiger partial charge >= 0.3 is 11.9 Å². The van der Waals surface area contributed by atoms with Crippen LogP contribution in [-0.4, -0.2) is 61.8 Å². The zero-order chi connectivity index (χ0) is 25.9. The molecular weight excluding hydrogens is 464 g/mol. The highest BCUT2D eigenvalue weighted by Crippen LogP contribution is 2.30. The van der Waals surface area contributed by atoms with E-state index in [1.165, 1.54) is 25.3 Å². The maximum atomic E-state index is 11.4. The number of ether oxygens (including phenoxy) is 4. The first kappa shape index (κ1) is 27.5. The van der Waals surface area contributed by atoms with Crippen molar-refractivity contribution in [3.05, 3.63) is 58.7 Å². The van der Waals surface area contributed by atoms with Crippen LogP contribution in [0, 0.1) is 0 Å². The second-order valence-corrected chi connectivity index (χ2v) is 8.88. The number of aliphatic hydroxyl groups excluding tert-OH is 2. The van der Waals surface area contributed by atoms with Crippen LogP contribution in [-0.2, 0) is 44.7 Å². The van der Waals surface area contributed by atoms with Crippen molar-refractivity contribution in [2.75, 3.05) is 27.4 Å². The summed E-state index contributed by atoms with van der Waals surface area (Å²) < 4.78 is 20.6. The topological polar surface area (TPSA) is 112 Å². The molecule has 0 fully saturated rings. The fraction of sp³-hybridized carbons (Fsp3) is 0.500. The summed E-state index contributed by atoms with van der Waals surface area (Å²) in [4.78, 5) is 22.8. The van der Waals surface area contributed by atoms with Crippen LogP contribution in [0.25, 0.3) is 0 Å². The summed E-state index contributed by atoms with van der Waals surface area (Å²) in [5, 5.41) is 17.6. The van der Waals surface area contributed by atoms with Gasteiger partial charge in [-0.3, -0.25) is 0 Å². The predicted octanol–water partition coefficient (Wildman–Crippen LogP) is 2.96. The third kappa shape index (κ3) is 7.45. The van der Waals surface area contributed by atoms with E-state index in [-0.39, 0.29) is 25.2 Å². The number of rotatable bonds is 8. The minimum absolute atomic E-state index is 0.206. The highest BCUT2D eigenvalue weighted by Gasteiger charge is 2.27. The maximum absolute atomic E-state index is 11.4. The Morgan fingerprint density at radius 2 is 1.19 bits per heavy atom. The van der Waals surface area contributed by atoms with Crippen LogP contribution in [0.1, 0.15) is 47.9 Å². The maximum Gasteiger partial charge on any atom is 0.347 e. The average molecular weight is 501 g/mol. The Hall–Kier alpha value is -3.10. The van der Waals surface area contributed by atoms with Gasteiger partial charge in [0, 0.05) is 13.2 Å². The fourth-order valence-corrected chi connectivity index (χ4v) is 4.36. The predicted molar refractivity (Wildman–Crippen MR) is 133 cm³/mol. The van der Waals surface area contributed by atoms with E-state index in [0.29, 0.717) is 12.8 Å². The largest absolute Gasteiger partial charge is 0.478 e. The van der Waals surface area contributed by atoms with E-state index in [1.807, 2.05) is 24.3 Å². The fourth-order valence-electron chi connectivity index (χ4n) is 4.36. The summed E-state index contributed by atoms with van der Waals surface area (Å²) in [5.74, 6) is 0.906. The van der Waals surface area contributed by atoms with Gasteiger partial charge in [0.15, 0.2) is 12.2 Å². The summed E-state index contributed by atoms with van der Waals surface area (Å²) in [7, 11) is 2.75. The number of esters is 2. The van der Waals surface area contributed by atoms with Crippen LogP contribution in [0.5, 0.6) is 11.5 Å². The highest BCUT2D eigenvalue weighted by atomic mass is 16.6. The van der Waals surface area contributed by atoms with Crippen LogP contribution < -0.4 is 9.47 Å². The molecule has 0 radical (unpaired) electrons. The van der Waals surface area contributed by atoms with E-state index in [0.717, 1.165) is 61.2 Å². The first-order valence-electron chi connectivity index (χ1n) is 12.4. The first-order chi connectivity index (χ1) is 17.5. The van der Waals surface area contributed by atoms with Crippen molar-refractivity contribution in [3.63, 3.8) is 0 Å². The average Bonchev–Trinajstić information content (AvgIpc) is 2.93. The molecule has 2 aliphatic heterocycles. The number of carbonyl (C=O) groups excluding carboxylic acids is 2. The molecule has 0 saturated carbocycles. The van der Waals surface area contributed by atoms with Crippen molar-refractivity contribution in [3.8, 4) is 11.5 Å². The van der Waals surface area contributed by atoms with E-state index in [1.54, 1.807) is 0 Å². The molecular formula is C28H36O8. The lowest BCUT2D eigenvalue weighted by Crippen LogP contribution is -2.32. The number of aliphatic hydroxyl groups is 2. The molecule has 2 N–H and O–H groups in total. The number of hydrogen-bond acceptors (Lipinski definition) is 8. The van der Waals surface area contributed by atoms with Crippen molar-refractivity contribution in [1.82, 2.24) is 0 Å². The molecule has 0 spiro atoms. The van der Waals surface area contributed by atoms with Crippen LogP contribution in [0.15, 0.2) is 36.4 Å². The van der Waals surface area contributed by atoms with Crippen molar-refractivity contribution >= 4 is 11.9 Å². The van der Waals surface area contributed by atoms with Gasteiger partial charge in [0.2, 0.25) is 0 Å². The van der Waals surface area contributed by atoms with Crippen LogP contribution >= 0.6 is 0 Å². The van der Waals surface area contributed by atoms with Gasteiger partial charge in [-0.1, -0.05) is 24.3 Å². The number of fused-ring (bicyclic) bond motifs is 2. The van der Waals surface area contributed by atoms with Gasteiger partial charge in [-0.25, -0.2) is 9.59 Å². The molecule has 2 heterocycles. The summed E-state index contributed by atoms with van der Waals surface area (Å²) >= 11 is 0. The lowest BCUT2D eigenvalue weighted by molar-refractivity contribution is -0.150. The normalized spacial score (nSPS) is 17.8. The van der Waals surface area contributed by atoms with Crippen LogP contribution in [0.2, 0.25) is 0 Å². The molecule has 196 valence electrons. The number of aryl methyl sites for hydroxylation is 4. The van der Waals surface area contributed by atoms with Gasteiger partial charge in [0.25, 0.3) is 0 Å². The molecule has 8 heteroatoms. The van der Waals surface area contributed by atoms with Crippen molar-refractivity contribution < 1.29 is 38.7 Å². The molecule has 2 atom stereocenters. The van der Waals surface area contributed by atoms with Gasteiger partial charge in [0.05, 0.1) is 14.2 Å². The Kier molecular flexibility index (Phi) is 10.6. The Morgan fingerprint density at radius 1 is 0.778 bits per heavy atom. The Labute approximate surface area is 212 Å². The molecule has 0 amide bonds. The standard InChI is InChI=1S/2C14H18O4/c2*1-17-14(16)13-7-5-11-9-10(3-2-8-15)4-6-12(11)18-13/h2*4,6,9,13,15H,2-3,5,7-8H2,1H3. The Bertz CT molecular complexity index is 937. The van der Waals surface area contributed by atoms with Crippen molar-refractivity contribution in [2.24, 2.45) is 0 Å². The van der Waals surface area contributed by atoms with Gasteiger partial charge in [0.1, 0.15) is 11.5 Å². The number of carbonyl (C=O) groups is 2. The Balaban J connectivity index is 0.000000201. The SMILES string of the molecule is COC(=O)C1CCc2cc(CCCO)ccc2O1.COC(=O)C1CCc2cc(CCCO)ccc2O1. The molecule has 8 nitrogen and oxygen atoms in total. The van der Waals surface area contributed by atoms with Gasteiger partial charge in [-0.2, -0.15) is 0 Å².